The summed E-state index contributed by atoms with van der Waals surface area (Å²) in [5, 5.41) is 0. The lowest BCUT2D eigenvalue weighted by Crippen LogP contribution is -2.38. The van der Waals surface area contributed by atoms with Crippen molar-refractivity contribution in [1.82, 2.24) is 9.62 Å². The Morgan fingerprint density at radius 2 is 2.00 bits per heavy atom. The Kier molecular flexibility index (Phi) is 4.91. The van der Waals surface area contributed by atoms with E-state index in [-0.39, 0.29) is 5.60 Å². The number of hydrogen-bond acceptors (Lipinski definition) is 4. The highest BCUT2D eigenvalue weighted by atomic mass is 32.2. The molecule has 0 bridgehead atoms. The number of piperidine rings is 1. The molecule has 0 aliphatic carbocycles. The van der Waals surface area contributed by atoms with Crippen molar-refractivity contribution in [2.45, 2.75) is 45.3 Å². The van der Waals surface area contributed by atoms with Crippen LogP contribution in [0.15, 0.2) is 18.2 Å². The quantitative estimate of drug-likeness (QED) is 0.882. The Morgan fingerprint density at radius 1 is 1.29 bits per heavy atom. The molecule has 0 saturated carbocycles. The summed E-state index contributed by atoms with van der Waals surface area (Å²) < 4.78 is 31.2. The molecule has 0 aromatic heterocycles. The van der Waals surface area contributed by atoms with Crippen LogP contribution < -0.4 is 9.46 Å². The van der Waals surface area contributed by atoms with Crippen molar-refractivity contribution in [2.75, 3.05) is 25.9 Å². The number of ether oxygens (including phenoxy) is 1. The lowest BCUT2D eigenvalue weighted by molar-refractivity contribution is 0.132. The normalized spacial score (nSPS) is 21.5. The molecule has 0 spiro atoms. The second-order valence-electron chi connectivity index (χ2n) is 7.78. The van der Waals surface area contributed by atoms with Gasteiger partial charge in [0, 0.05) is 25.1 Å². The zero-order valence-corrected chi connectivity index (χ0v) is 15.7. The number of para-hydroxylation sites is 1. The van der Waals surface area contributed by atoms with Gasteiger partial charge in [0.15, 0.2) is 0 Å². The van der Waals surface area contributed by atoms with Gasteiger partial charge in [-0.05, 0) is 51.3 Å². The Bertz CT molecular complexity index is 692. The largest absolute Gasteiger partial charge is 0.487 e. The molecule has 0 amide bonds. The molecule has 0 radical (unpaired) electrons. The highest BCUT2D eigenvalue weighted by Gasteiger charge is 2.32. The second kappa shape index (κ2) is 6.65. The molecule has 0 unspecified atom stereocenters. The molecule has 1 saturated heterocycles. The first-order valence-electron chi connectivity index (χ1n) is 8.69. The van der Waals surface area contributed by atoms with Crippen molar-refractivity contribution in [2.24, 2.45) is 5.92 Å². The number of likely N-dealkylation sites (tertiary alicyclic amines) is 1. The Labute approximate surface area is 145 Å². The van der Waals surface area contributed by atoms with Crippen molar-refractivity contribution < 1.29 is 13.2 Å². The van der Waals surface area contributed by atoms with E-state index in [9.17, 15) is 8.42 Å². The van der Waals surface area contributed by atoms with Crippen LogP contribution >= 0.6 is 0 Å². The zero-order chi connectivity index (χ0) is 17.4. The van der Waals surface area contributed by atoms with Gasteiger partial charge in [-0.25, -0.2) is 13.1 Å². The minimum absolute atomic E-state index is 0.108. The molecular weight excluding hydrogens is 324 g/mol. The summed E-state index contributed by atoms with van der Waals surface area (Å²) >= 11 is 0. The Balaban J connectivity index is 1.55. The minimum atomic E-state index is -3.08. The molecule has 0 atom stereocenters. The molecule has 1 N–H and O–H groups in total. The molecular formula is C18H28N2O3S. The van der Waals surface area contributed by atoms with E-state index in [0.29, 0.717) is 12.5 Å². The maximum absolute atomic E-state index is 11.2. The standard InChI is InChI=1S/C18H28N2O3S/c1-18(2)11-15-5-4-6-16(17(15)23-18)13-20-9-7-14(8-10-20)12-19-24(3,21)22/h4-6,14,19H,7-13H2,1-3H3. The number of sulfonamides is 1. The summed E-state index contributed by atoms with van der Waals surface area (Å²) in [5.74, 6) is 1.51. The zero-order valence-electron chi connectivity index (χ0n) is 14.8. The number of rotatable bonds is 5. The van der Waals surface area contributed by atoms with Crippen LogP contribution in [-0.2, 0) is 23.0 Å². The van der Waals surface area contributed by atoms with Crippen LogP contribution in [0.3, 0.4) is 0 Å². The minimum Gasteiger partial charge on any atom is -0.487 e. The average Bonchev–Trinajstić information content (AvgIpc) is 2.81. The lowest BCUT2D eigenvalue weighted by atomic mass is 9.96. The van der Waals surface area contributed by atoms with Gasteiger partial charge in [0.25, 0.3) is 0 Å². The predicted molar refractivity (Wildman–Crippen MR) is 95.7 cm³/mol. The van der Waals surface area contributed by atoms with Crippen LogP contribution in [0, 0.1) is 5.92 Å². The van der Waals surface area contributed by atoms with Crippen LogP contribution in [0.2, 0.25) is 0 Å². The maximum atomic E-state index is 11.2. The van der Waals surface area contributed by atoms with Crippen molar-refractivity contribution >= 4 is 10.0 Å². The van der Waals surface area contributed by atoms with Crippen LogP contribution in [0.25, 0.3) is 0 Å². The number of fused-ring (bicyclic) bond motifs is 1. The van der Waals surface area contributed by atoms with Gasteiger partial charge in [-0.2, -0.15) is 0 Å². The van der Waals surface area contributed by atoms with Crippen molar-refractivity contribution in [3.63, 3.8) is 0 Å². The van der Waals surface area contributed by atoms with E-state index in [4.69, 9.17) is 4.74 Å². The summed E-state index contributed by atoms with van der Waals surface area (Å²) in [6.45, 7) is 7.75. The van der Waals surface area contributed by atoms with Gasteiger partial charge in [0.2, 0.25) is 10.0 Å². The molecule has 24 heavy (non-hydrogen) atoms. The van der Waals surface area contributed by atoms with Crippen molar-refractivity contribution in [3.05, 3.63) is 29.3 Å². The van der Waals surface area contributed by atoms with E-state index in [1.54, 1.807) is 0 Å². The fourth-order valence-corrected chi connectivity index (χ4v) is 4.20. The molecule has 2 heterocycles. The van der Waals surface area contributed by atoms with Gasteiger partial charge in [-0.3, -0.25) is 4.90 Å². The van der Waals surface area contributed by atoms with Crippen molar-refractivity contribution in [3.8, 4) is 5.75 Å². The summed E-state index contributed by atoms with van der Waals surface area (Å²) in [7, 11) is -3.08. The van der Waals surface area contributed by atoms with E-state index in [1.165, 1.54) is 17.4 Å². The fourth-order valence-electron chi connectivity index (χ4n) is 3.66. The molecule has 2 aliphatic heterocycles. The third kappa shape index (κ3) is 4.49. The lowest BCUT2D eigenvalue weighted by Gasteiger charge is -2.32. The molecule has 5 nitrogen and oxygen atoms in total. The number of benzene rings is 1. The maximum Gasteiger partial charge on any atom is 0.208 e. The smallest absolute Gasteiger partial charge is 0.208 e. The van der Waals surface area contributed by atoms with Crippen LogP contribution in [-0.4, -0.2) is 44.8 Å². The first-order valence-corrected chi connectivity index (χ1v) is 10.6. The topological polar surface area (TPSA) is 58.6 Å². The van der Waals surface area contributed by atoms with Crippen LogP contribution in [0.5, 0.6) is 5.75 Å². The molecule has 6 heteroatoms. The van der Waals surface area contributed by atoms with Gasteiger partial charge in [0.1, 0.15) is 11.4 Å². The summed E-state index contributed by atoms with van der Waals surface area (Å²) in [5.41, 5.74) is 2.47. The molecule has 2 aliphatic rings. The van der Waals surface area contributed by atoms with E-state index < -0.39 is 10.0 Å². The first kappa shape index (κ1) is 17.7. The number of hydrogen-bond donors (Lipinski definition) is 1. The van der Waals surface area contributed by atoms with Gasteiger partial charge in [-0.15, -0.1) is 0 Å². The van der Waals surface area contributed by atoms with Gasteiger partial charge < -0.3 is 4.74 Å². The molecule has 1 aromatic carbocycles. The molecule has 134 valence electrons. The van der Waals surface area contributed by atoms with Gasteiger partial charge in [-0.1, -0.05) is 18.2 Å². The third-order valence-corrected chi connectivity index (χ3v) is 5.60. The molecule has 1 aromatic rings. The van der Waals surface area contributed by atoms with Crippen molar-refractivity contribution in [1.29, 1.82) is 0 Å². The fraction of sp³-hybridized carbons (Fsp3) is 0.667. The first-order chi connectivity index (χ1) is 11.2. The van der Waals surface area contributed by atoms with E-state index >= 15 is 0 Å². The van der Waals surface area contributed by atoms with Crippen LogP contribution in [0.4, 0.5) is 0 Å². The second-order valence-corrected chi connectivity index (χ2v) is 9.62. The Morgan fingerprint density at radius 3 is 2.67 bits per heavy atom. The SMILES string of the molecule is CC1(C)Cc2cccc(CN3CCC(CNS(C)(=O)=O)CC3)c2O1. The summed E-state index contributed by atoms with van der Waals surface area (Å²) in [6.07, 6.45) is 4.25. The predicted octanol–water partition coefficient (Wildman–Crippen LogP) is 2.16. The average molecular weight is 353 g/mol. The Hall–Kier alpha value is -1.11. The van der Waals surface area contributed by atoms with E-state index in [2.05, 4.69) is 41.7 Å². The highest BCUT2D eigenvalue weighted by molar-refractivity contribution is 7.88. The summed E-state index contributed by atoms with van der Waals surface area (Å²) in [4.78, 5) is 2.45. The highest BCUT2D eigenvalue weighted by Crippen LogP contribution is 2.38. The van der Waals surface area contributed by atoms with Gasteiger partial charge in [0.05, 0.1) is 6.26 Å². The van der Waals surface area contributed by atoms with E-state index in [1.807, 2.05) is 0 Å². The van der Waals surface area contributed by atoms with Crippen LogP contribution in [0.1, 0.15) is 37.8 Å². The monoisotopic (exact) mass is 352 g/mol. The molecule has 3 rings (SSSR count). The third-order valence-electron chi connectivity index (χ3n) is 4.91. The molecule has 1 fully saturated rings. The number of nitrogens with one attached hydrogen (secondary N) is 1. The van der Waals surface area contributed by atoms with Gasteiger partial charge >= 0.3 is 0 Å². The summed E-state index contributed by atoms with van der Waals surface area (Å²) in [6, 6.07) is 6.45. The van der Waals surface area contributed by atoms with E-state index in [0.717, 1.165) is 44.6 Å². The number of nitrogens with zero attached hydrogens (tertiary/aromatic N) is 1.